The highest BCUT2D eigenvalue weighted by Gasteiger charge is 1.67. The van der Waals surface area contributed by atoms with Crippen LogP contribution in [-0.2, 0) is 0 Å². The molecule has 1 heteroatoms. The fourth-order valence-electron chi connectivity index (χ4n) is 0.289. The summed E-state index contributed by atoms with van der Waals surface area (Å²) in [7, 11) is 0. The van der Waals surface area contributed by atoms with E-state index in [1.165, 1.54) is 0 Å². The Kier molecular flexibility index (Phi) is 4.41. The van der Waals surface area contributed by atoms with E-state index < -0.39 is 0 Å². The lowest BCUT2D eigenvalue weighted by Crippen LogP contribution is -2.67. The quantitative estimate of drug-likeness (QED) is 0.268. The van der Waals surface area contributed by atoms with Crippen molar-refractivity contribution in [1.82, 2.24) is 0 Å². The van der Waals surface area contributed by atoms with E-state index in [1.807, 2.05) is 0 Å². The van der Waals surface area contributed by atoms with Crippen LogP contribution in [0.25, 0.3) is 0 Å². The van der Waals surface area contributed by atoms with Crippen molar-refractivity contribution in [3.05, 3.63) is 0 Å². The van der Waals surface area contributed by atoms with Crippen molar-refractivity contribution >= 4 is 6.21 Å². The molecule has 0 radical (unpaired) electrons. The summed E-state index contributed by atoms with van der Waals surface area (Å²) in [6.07, 6.45) is 3.17. The van der Waals surface area contributed by atoms with Crippen molar-refractivity contribution in [2.45, 2.75) is 20.3 Å². The summed E-state index contributed by atoms with van der Waals surface area (Å²) < 4.78 is 0. The standard InChI is InChI=1S/C5H11N/c1-3-5-6-4-2/h5H,3-4H2,1-2H3/p+1/i1+1,2+1,4+1,6+1. The molecule has 0 aromatic heterocycles. The smallest absolute Gasteiger partial charge is 0.137 e. The molecule has 0 aromatic carbocycles. The third-order valence-corrected chi connectivity index (χ3v) is 0.553. The second kappa shape index (κ2) is 4.67. The highest BCUT2D eigenvalue weighted by atomic mass is 15.6. The van der Waals surface area contributed by atoms with Crippen molar-refractivity contribution in [2.24, 2.45) is 0 Å². The van der Waals surface area contributed by atoms with Gasteiger partial charge in [-0.25, -0.2) is 0 Å². The van der Waals surface area contributed by atoms with Gasteiger partial charge < -0.3 is 0 Å². The van der Waals surface area contributed by atoms with Crippen LogP contribution >= 0.6 is 0 Å². The van der Waals surface area contributed by atoms with E-state index >= 15 is 0 Å². The molecule has 0 unspecified atom stereocenters. The summed E-state index contributed by atoms with van der Waals surface area (Å²) in [5.41, 5.74) is 0. The molecule has 0 aliphatic heterocycles. The second-order valence-electron chi connectivity index (χ2n) is 1.17. The van der Waals surface area contributed by atoms with Crippen molar-refractivity contribution in [3.63, 3.8) is 0 Å². The van der Waals surface area contributed by atoms with Crippen molar-refractivity contribution < 1.29 is 4.99 Å². The van der Waals surface area contributed by atoms with E-state index in [4.69, 9.17) is 0 Å². The van der Waals surface area contributed by atoms with Gasteiger partial charge in [0, 0.05) is 6.42 Å². The first-order chi connectivity index (χ1) is 2.91. The third kappa shape index (κ3) is 3.67. The molecule has 0 amide bonds. The van der Waals surface area contributed by atoms with Gasteiger partial charge in [0.25, 0.3) is 0 Å². The largest absolute Gasteiger partial charge is 0.252 e. The second-order valence-corrected chi connectivity index (χ2v) is 1.17. The van der Waals surface area contributed by atoms with Crippen LogP contribution in [0.3, 0.4) is 0 Å². The average molecular weight is 90.1 g/mol. The zero-order valence-electron chi connectivity index (χ0n) is 4.49. The van der Waals surface area contributed by atoms with E-state index in [0.717, 1.165) is 13.0 Å². The normalized spacial score (nSPS) is 10.3. The summed E-state index contributed by atoms with van der Waals surface area (Å²) in [5.74, 6) is 0. The van der Waals surface area contributed by atoms with E-state index in [2.05, 4.69) is 25.1 Å². The van der Waals surface area contributed by atoms with Crippen LogP contribution in [-0.4, -0.2) is 12.8 Å². The van der Waals surface area contributed by atoms with Gasteiger partial charge in [0.1, 0.15) is 12.8 Å². The molecule has 1 N–H and O–H groups in total. The maximum absolute atomic E-state index is 3.07. The van der Waals surface area contributed by atoms with Crippen LogP contribution < -0.4 is 4.99 Å². The third-order valence-electron chi connectivity index (χ3n) is 0.553. The predicted octanol–water partition coefficient (Wildman–Crippen LogP) is -0.432. The fraction of sp³-hybridized carbons (Fsp3) is 0.800. The summed E-state index contributed by atoms with van der Waals surface area (Å²) in [4.78, 5) is 3.07. The van der Waals surface area contributed by atoms with Crippen LogP contribution in [0.4, 0.5) is 0 Å². The molecule has 0 aliphatic carbocycles. The minimum Gasteiger partial charge on any atom is -0.252 e. The minimum atomic E-state index is 1.05. The molecular weight excluding hydrogens is 78.0 g/mol. The Balaban J connectivity index is 2.73. The van der Waals surface area contributed by atoms with Gasteiger partial charge in [-0.1, -0.05) is 6.92 Å². The zero-order chi connectivity index (χ0) is 4.83. The molecule has 36 valence electrons. The molecule has 0 bridgehead atoms. The van der Waals surface area contributed by atoms with Gasteiger partial charge in [0.15, 0.2) is 0 Å². The predicted molar refractivity (Wildman–Crippen MR) is 27.9 cm³/mol. The molecule has 0 saturated heterocycles. The summed E-state index contributed by atoms with van der Waals surface area (Å²) >= 11 is 0. The highest BCUT2D eigenvalue weighted by molar-refractivity contribution is 5.48. The van der Waals surface area contributed by atoms with Gasteiger partial charge in [-0.05, 0) is 6.92 Å². The Morgan fingerprint density at radius 1 is 1.50 bits per heavy atom. The zero-order valence-corrected chi connectivity index (χ0v) is 4.49. The highest BCUT2D eigenvalue weighted by Crippen LogP contribution is 1.51. The maximum atomic E-state index is 3.07. The van der Waals surface area contributed by atoms with Gasteiger partial charge in [-0.15, -0.1) is 0 Å². The molecular formula is C5H12N+. The number of nitrogens with one attached hydrogen (secondary N) is 1. The molecule has 0 aromatic rings. The lowest BCUT2D eigenvalue weighted by Gasteiger charge is -1.66. The summed E-state index contributed by atoms with van der Waals surface area (Å²) in [6.45, 7) is 5.25. The van der Waals surface area contributed by atoms with E-state index in [1.54, 1.807) is 0 Å². The fourth-order valence-corrected chi connectivity index (χ4v) is 0.289. The van der Waals surface area contributed by atoms with Crippen molar-refractivity contribution in [1.29, 1.82) is 0 Å². The SMILES string of the molecule is [13CH3]CC=[15NH+][13CH2][13CH3]. The minimum absolute atomic E-state index is 1.05. The van der Waals surface area contributed by atoms with Gasteiger partial charge in [-0.3, -0.25) is 4.99 Å². The van der Waals surface area contributed by atoms with Gasteiger partial charge in [0.05, 0.1) is 0 Å². The van der Waals surface area contributed by atoms with E-state index in [9.17, 15) is 0 Å². The summed E-state index contributed by atoms with van der Waals surface area (Å²) in [5, 5.41) is 0. The van der Waals surface area contributed by atoms with Crippen LogP contribution in [0.1, 0.15) is 20.3 Å². The average Bonchev–Trinajstić information content (AvgIpc) is 1.61. The molecule has 0 atom stereocenters. The van der Waals surface area contributed by atoms with Crippen molar-refractivity contribution in [3.8, 4) is 0 Å². The molecule has 0 fully saturated rings. The number of hydrogen-bond acceptors (Lipinski definition) is 0. The Morgan fingerprint density at radius 2 is 2.17 bits per heavy atom. The lowest BCUT2D eigenvalue weighted by molar-refractivity contribution is -0.448. The van der Waals surface area contributed by atoms with Crippen LogP contribution in [0.15, 0.2) is 0 Å². The molecule has 0 heterocycles. The Hall–Kier alpha value is -0.330. The Morgan fingerprint density at radius 3 is 2.33 bits per heavy atom. The molecule has 0 aliphatic rings. The first-order valence-corrected chi connectivity index (χ1v) is 2.46. The topological polar surface area (TPSA) is 14.0 Å². The summed E-state index contributed by atoms with van der Waals surface area (Å²) in [6, 6.07) is 0. The maximum Gasteiger partial charge on any atom is 0.137 e. The molecule has 6 heavy (non-hydrogen) atoms. The Labute approximate surface area is 39.1 Å². The van der Waals surface area contributed by atoms with E-state index in [0.29, 0.717) is 0 Å². The number of hydrogen-bond donors (Lipinski definition) is 1. The number of rotatable bonds is 2. The first kappa shape index (κ1) is 5.67. The van der Waals surface area contributed by atoms with Gasteiger partial charge in [0.2, 0.25) is 0 Å². The Bertz CT molecular complexity index is 33.2. The van der Waals surface area contributed by atoms with Crippen LogP contribution in [0.2, 0.25) is 0 Å². The molecule has 0 rings (SSSR count). The monoisotopic (exact) mass is 90.1 g/mol. The van der Waals surface area contributed by atoms with Gasteiger partial charge in [-0.2, -0.15) is 0 Å². The van der Waals surface area contributed by atoms with Crippen molar-refractivity contribution in [2.75, 3.05) is 6.54 Å². The van der Waals surface area contributed by atoms with E-state index in [-0.39, 0.29) is 0 Å². The first-order valence-electron chi connectivity index (χ1n) is 2.46. The van der Waals surface area contributed by atoms with Gasteiger partial charge >= 0.3 is 0 Å². The lowest BCUT2D eigenvalue weighted by atomic mass is 10.7. The van der Waals surface area contributed by atoms with Crippen LogP contribution in [0.5, 0.6) is 0 Å². The molecule has 0 spiro atoms. The molecule has 1 nitrogen and oxygen atoms in total. The molecule has 0 saturated carbocycles. The van der Waals surface area contributed by atoms with Crippen LogP contribution in [0, 0.1) is 0 Å².